The van der Waals surface area contributed by atoms with Gasteiger partial charge in [-0.25, -0.2) is 4.79 Å². The topological polar surface area (TPSA) is 69.7 Å². The molecule has 0 aliphatic carbocycles. The van der Waals surface area contributed by atoms with Crippen LogP contribution in [-0.2, 0) is 14.3 Å². The second kappa shape index (κ2) is 7.31. The highest BCUT2D eigenvalue weighted by atomic mass is 16.5. The molecule has 0 spiro atoms. The third kappa shape index (κ3) is 4.21. The van der Waals surface area contributed by atoms with E-state index in [9.17, 15) is 14.4 Å². The van der Waals surface area contributed by atoms with Crippen molar-refractivity contribution in [3.8, 4) is 5.75 Å². The number of carbonyl (C=O) groups is 3. The van der Waals surface area contributed by atoms with Crippen LogP contribution in [-0.4, -0.2) is 30.7 Å². The third-order valence-corrected chi connectivity index (χ3v) is 2.31. The molecule has 0 radical (unpaired) electrons. The van der Waals surface area contributed by atoms with Gasteiger partial charge in [-0.05, 0) is 26.0 Å². The molecule has 0 aliphatic heterocycles. The largest absolute Gasteiger partial charge is 0.493 e. The van der Waals surface area contributed by atoms with E-state index in [2.05, 4.69) is 4.74 Å². The van der Waals surface area contributed by atoms with Crippen LogP contribution in [0, 0.1) is 0 Å². The van der Waals surface area contributed by atoms with Crippen LogP contribution in [0.1, 0.15) is 30.6 Å². The smallest absolute Gasteiger partial charge is 0.375 e. The molecule has 5 heteroatoms. The number of rotatable bonds is 7. The number of Topliss-reactive ketones (excluding diaryl/α,β-unsaturated/α-hetero) is 2. The molecule has 1 aromatic rings. The van der Waals surface area contributed by atoms with Gasteiger partial charge >= 0.3 is 5.97 Å². The molecular formula is C14H16O5. The maximum absolute atomic E-state index is 12.0. The Labute approximate surface area is 111 Å². The monoisotopic (exact) mass is 264 g/mol. The molecule has 0 heterocycles. The summed E-state index contributed by atoms with van der Waals surface area (Å²) in [6.45, 7) is 3.91. The normalized spacial score (nSPS) is 9.79. The predicted octanol–water partition coefficient (Wildman–Crippen LogP) is 1.79. The predicted molar refractivity (Wildman–Crippen MR) is 68.2 cm³/mol. The molecule has 0 fully saturated rings. The van der Waals surface area contributed by atoms with Gasteiger partial charge in [0.25, 0.3) is 0 Å². The van der Waals surface area contributed by atoms with Gasteiger partial charge in [0, 0.05) is 0 Å². The van der Waals surface area contributed by atoms with Crippen molar-refractivity contribution in [1.82, 2.24) is 0 Å². The van der Waals surface area contributed by atoms with E-state index in [4.69, 9.17) is 4.74 Å². The number of ether oxygens (including phenoxy) is 2. The van der Waals surface area contributed by atoms with Crippen molar-refractivity contribution >= 4 is 17.5 Å². The number of hydrogen-bond donors (Lipinski definition) is 0. The Hall–Kier alpha value is -2.17. The molecule has 0 unspecified atom stereocenters. The SMILES string of the molecule is CCOC(=O)C(=O)CC(=O)c1ccccc1OCC. The highest BCUT2D eigenvalue weighted by Gasteiger charge is 2.21. The van der Waals surface area contributed by atoms with E-state index in [1.54, 1.807) is 38.1 Å². The van der Waals surface area contributed by atoms with Crippen molar-refractivity contribution < 1.29 is 23.9 Å². The molecule has 19 heavy (non-hydrogen) atoms. The lowest BCUT2D eigenvalue weighted by atomic mass is 10.1. The van der Waals surface area contributed by atoms with Crippen molar-refractivity contribution in [2.45, 2.75) is 20.3 Å². The Balaban J connectivity index is 2.78. The highest BCUT2D eigenvalue weighted by Crippen LogP contribution is 2.19. The molecule has 0 aliphatic rings. The van der Waals surface area contributed by atoms with E-state index >= 15 is 0 Å². The molecule has 0 aromatic heterocycles. The highest BCUT2D eigenvalue weighted by molar-refractivity contribution is 6.38. The standard InChI is InChI=1S/C14H16O5/c1-3-18-13-8-6-5-7-10(13)11(15)9-12(16)14(17)19-4-2/h5-8H,3-4,9H2,1-2H3. The minimum Gasteiger partial charge on any atom is -0.493 e. The van der Waals surface area contributed by atoms with Gasteiger partial charge in [0.1, 0.15) is 5.75 Å². The summed E-state index contributed by atoms with van der Waals surface area (Å²) in [7, 11) is 0. The quantitative estimate of drug-likeness (QED) is 0.325. The first-order chi connectivity index (χ1) is 9.10. The fourth-order valence-electron chi connectivity index (χ4n) is 1.50. The fraction of sp³-hybridized carbons (Fsp3) is 0.357. The van der Waals surface area contributed by atoms with Gasteiger partial charge in [-0.3, -0.25) is 9.59 Å². The summed E-state index contributed by atoms with van der Waals surface area (Å²) in [5.41, 5.74) is 0.294. The Bertz CT molecular complexity index is 478. The zero-order valence-electron chi connectivity index (χ0n) is 11.0. The molecule has 102 valence electrons. The zero-order chi connectivity index (χ0) is 14.3. The molecular weight excluding hydrogens is 248 g/mol. The number of esters is 1. The number of carbonyl (C=O) groups excluding carboxylic acids is 3. The molecule has 0 N–H and O–H groups in total. The second-order valence-electron chi connectivity index (χ2n) is 3.67. The van der Waals surface area contributed by atoms with Gasteiger partial charge in [0.05, 0.1) is 25.2 Å². The summed E-state index contributed by atoms with van der Waals surface area (Å²) in [6.07, 6.45) is -0.511. The molecule has 0 amide bonds. The van der Waals surface area contributed by atoms with Crippen molar-refractivity contribution in [3.63, 3.8) is 0 Å². The van der Waals surface area contributed by atoms with Crippen LogP contribution in [0.25, 0.3) is 0 Å². The maximum atomic E-state index is 12.0. The maximum Gasteiger partial charge on any atom is 0.375 e. The third-order valence-electron chi connectivity index (χ3n) is 2.31. The molecule has 1 aromatic carbocycles. The Morgan fingerprint density at radius 3 is 2.37 bits per heavy atom. The van der Waals surface area contributed by atoms with E-state index in [1.165, 1.54) is 0 Å². The summed E-state index contributed by atoms with van der Waals surface area (Å²) in [6, 6.07) is 6.61. The molecule has 1 rings (SSSR count). The van der Waals surface area contributed by atoms with Gasteiger partial charge in [-0.2, -0.15) is 0 Å². The van der Waals surface area contributed by atoms with Crippen LogP contribution >= 0.6 is 0 Å². The minimum absolute atomic E-state index is 0.105. The number of hydrogen-bond acceptors (Lipinski definition) is 5. The lowest BCUT2D eigenvalue weighted by Gasteiger charge is -2.08. The summed E-state index contributed by atoms with van der Waals surface area (Å²) in [5.74, 6) is -1.88. The number of benzene rings is 1. The fourth-order valence-corrected chi connectivity index (χ4v) is 1.50. The average Bonchev–Trinajstić information content (AvgIpc) is 2.39. The van der Waals surface area contributed by atoms with E-state index in [-0.39, 0.29) is 6.61 Å². The minimum atomic E-state index is -0.982. The van der Waals surface area contributed by atoms with Crippen LogP contribution in [0.15, 0.2) is 24.3 Å². The Morgan fingerprint density at radius 1 is 1.05 bits per heavy atom. The van der Waals surface area contributed by atoms with E-state index in [1.807, 2.05) is 0 Å². The summed E-state index contributed by atoms with van der Waals surface area (Å²) >= 11 is 0. The number of para-hydroxylation sites is 1. The first-order valence-electron chi connectivity index (χ1n) is 6.05. The van der Waals surface area contributed by atoms with E-state index in [0.717, 1.165) is 0 Å². The van der Waals surface area contributed by atoms with Gasteiger partial charge < -0.3 is 9.47 Å². The van der Waals surface area contributed by atoms with Gasteiger partial charge in [0.2, 0.25) is 5.78 Å². The van der Waals surface area contributed by atoms with Gasteiger partial charge in [-0.15, -0.1) is 0 Å². The van der Waals surface area contributed by atoms with Crippen molar-refractivity contribution in [2.24, 2.45) is 0 Å². The van der Waals surface area contributed by atoms with Crippen LogP contribution in [0.3, 0.4) is 0 Å². The van der Waals surface area contributed by atoms with Crippen LogP contribution in [0.2, 0.25) is 0 Å². The molecule has 0 bridgehead atoms. The summed E-state index contributed by atoms with van der Waals surface area (Å²) in [4.78, 5) is 34.6. The van der Waals surface area contributed by atoms with Crippen molar-refractivity contribution in [3.05, 3.63) is 29.8 Å². The average molecular weight is 264 g/mol. The lowest BCUT2D eigenvalue weighted by Crippen LogP contribution is -2.21. The van der Waals surface area contributed by atoms with Crippen LogP contribution in [0.4, 0.5) is 0 Å². The van der Waals surface area contributed by atoms with Crippen molar-refractivity contribution in [2.75, 3.05) is 13.2 Å². The summed E-state index contributed by atoms with van der Waals surface area (Å²) < 4.78 is 9.85. The summed E-state index contributed by atoms with van der Waals surface area (Å²) in [5, 5.41) is 0. The molecule has 0 saturated heterocycles. The van der Waals surface area contributed by atoms with Crippen LogP contribution in [0.5, 0.6) is 5.75 Å². The van der Waals surface area contributed by atoms with Crippen LogP contribution < -0.4 is 4.74 Å². The second-order valence-corrected chi connectivity index (χ2v) is 3.67. The first kappa shape index (κ1) is 14.9. The zero-order valence-corrected chi connectivity index (χ0v) is 11.0. The van der Waals surface area contributed by atoms with Crippen molar-refractivity contribution in [1.29, 1.82) is 0 Å². The first-order valence-corrected chi connectivity index (χ1v) is 6.05. The Morgan fingerprint density at radius 2 is 1.74 bits per heavy atom. The Kier molecular flexibility index (Phi) is 5.73. The molecule has 5 nitrogen and oxygen atoms in total. The number of ketones is 2. The van der Waals surface area contributed by atoms with Gasteiger partial charge in [0.15, 0.2) is 5.78 Å². The molecule has 0 atom stereocenters. The van der Waals surface area contributed by atoms with E-state index < -0.39 is 24.0 Å². The van der Waals surface area contributed by atoms with Gasteiger partial charge in [-0.1, -0.05) is 12.1 Å². The molecule has 0 saturated carbocycles. The van der Waals surface area contributed by atoms with E-state index in [0.29, 0.717) is 17.9 Å². The lowest BCUT2D eigenvalue weighted by molar-refractivity contribution is -0.153.